The summed E-state index contributed by atoms with van der Waals surface area (Å²) in [5, 5.41) is 4.45. The summed E-state index contributed by atoms with van der Waals surface area (Å²) in [6.07, 6.45) is 7.97. The molecule has 0 spiro atoms. The molecule has 0 saturated heterocycles. The summed E-state index contributed by atoms with van der Waals surface area (Å²) in [5.41, 5.74) is 7.47. The van der Waals surface area contributed by atoms with Gasteiger partial charge in [0, 0.05) is 25.2 Å². The van der Waals surface area contributed by atoms with Crippen LogP contribution in [0, 0.1) is 0 Å². The molecule has 0 aliphatic heterocycles. The first kappa shape index (κ1) is 14.0. The molecule has 18 heavy (non-hydrogen) atoms. The molecule has 1 aliphatic rings. The first-order valence-electron chi connectivity index (χ1n) is 7.32. The van der Waals surface area contributed by atoms with Gasteiger partial charge in [0.15, 0.2) is 0 Å². The molecule has 2 N–H and O–H groups in total. The summed E-state index contributed by atoms with van der Waals surface area (Å²) in [6.45, 7) is 4.17. The van der Waals surface area contributed by atoms with Crippen molar-refractivity contribution in [2.75, 3.05) is 6.54 Å². The van der Waals surface area contributed by atoms with E-state index in [1.54, 1.807) is 11.3 Å². The normalized spacial score (nSPS) is 17.3. The molecule has 1 atom stereocenters. The second kappa shape index (κ2) is 7.27. The Morgan fingerprint density at radius 2 is 2.28 bits per heavy atom. The fourth-order valence-electron chi connectivity index (χ4n) is 2.60. The highest BCUT2D eigenvalue weighted by Gasteiger charge is 2.33. The van der Waals surface area contributed by atoms with Gasteiger partial charge in [-0.2, -0.15) is 11.3 Å². The van der Waals surface area contributed by atoms with E-state index in [1.165, 1.54) is 44.1 Å². The Bertz CT molecular complexity index is 319. The molecule has 1 saturated carbocycles. The fourth-order valence-corrected chi connectivity index (χ4v) is 3.26. The second-order valence-electron chi connectivity index (χ2n) is 5.42. The molecule has 0 amide bonds. The Kier molecular flexibility index (Phi) is 5.67. The van der Waals surface area contributed by atoms with Crippen LogP contribution in [0.4, 0.5) is 0 Å². The molecule has 3 heteroatoms. The monoisotopic (exact) mass is 266 g/mol. The van der Waals surface area contributed by atoms with Gasteiger partial charge in [0.05, 0.1) is 0 Å². The largest absolute Gasteiger partial charge is 0.329 e. The molecule has 1 aromatic rings. The summed E-state index contributed by atoms with van der Waals surface area (Å²) >= 11 is 1.80. The van der Waals surface area contributed by atoms with Crippen molar-refractivity contribution in [1.29, 1.82) is 0 Å². The zero-order valence-corrected chi connectivity index (χ0v) is 12.3. The van der Waals surface area contributed by atoms with Gasteiger partial charge in [-0.25, -0.2) is 0 Å². The van der Waals surface area contributed by atoms with Crippen molar-refractivity contribution in [2.24, 2.45) is 5.73 Å². The van der Waals surface area contributed by atoms with Crippen molar-refractivity contribution in [2.45, 2.75) is 64.1 Å². The molecule has 2 nitrogen and oxygen atoms in total. The van der Waals surface area contributed by atoms with E-state index in [0.717, 1.165) is 19.1 Å². The minimum atomic E-state index is 0.587. The minimum Gasteiger partial charge on any atom is -0.329 e. The Balaban J connectivity index is 1.89. The Morgan fingerprint density at radius 3 is 2.83 bits per heavy atom. The molecule has 1 heterocycles. The van der Waals surface area contributed by atoms with Crippen molar-refractivity contribution < 1.29 is 0 Å². The number of rotatable bonds is 9. The van der Waals surface area contributed by atoms with E-state index in [-0.39, 0.29) is 0 Å². The molecule has 0 aromatic carbocycles. The van der Waals surface area contributed by atoms with Crippen LogP contribution in [0.1, 0.15) is 51.0 Å². The van der Waals surface area contributed by atoms with Gasteiger partial charge in [-0.1, -0.05) is 26.2 Å². The van der Waals surface area contributed by atoms with Crippen LogP contribution in [0.5, 0.6) is 0 Å². The van der Waals surface area contributed by atoms with Crippen molar-refractivity contribution >= 4 is 11.3 Å². The summed E-state index contributed by atoms with van der Waals surface area (Å²) in [7, 11) is 0. The number of nitrogens with zero attached hydrogens (tertiary/aromatic N) is 1. The highest BCUT2D eigenvalue weighted by atomic mass is 32.1. The molecule has 1 aliphatic carbocycles. The smallest absolute Gasteiger partial charge is 0.0248 e. The zero-order valence-electron chi connectivity index (χ0n) is 11.5. The maximum atomic E-state index is 6.01. The van der Waals surface area contributed by atoms with Gasteiger partial charge >= 0.3 is 0 Å². The van der Waals surface area contributed by atoms with Crippen molar-refractivity contribution in [3.63, 3.8) is 0 Å². The molecular weight excluding hydrogens is 240 g/mol. The third kappa shape index (κ3) is 4.08. The number of thiophene rings is 1. The lowest BCUT2D eigenvalue weighted by Crippen LogP contribution is -2.41. The highest BCUT2D eigenvalue weighted by molar-refractivity contribution is 7.07. The Morgan fingerprint density at radius 1 is 1.44 bits per heavy atom. The molecule has 1 unspecified atom stereocenters. The van der Waals surface area contributed by atoms with Crippen LogP contribution in [0.25, 0.3) is 0 Å². The van der Waals surface area contributed by atoms with Gasteiger partial charge in [0.1, 0.15) is 0 Å². The van der Waals surface area contributed by atoms with E-state index in [1.807, 2.05) is 0 Å². The van der Waals surface area contributed by atoms with E-state index in [0.29, 0.717) is 6.04 Å². The predicted octanol–water partition coefficient (Wildman–Crippen LogP) is 3.62. The van der Waals surface area contributed by atoms with E-state index in [4.69, 9.17) is 5.73 Å². The average Bonchev–Trinajstić information content (AvgIpc) is 3.10. The SMILES string of the molecule is CCCCCC(CN)N(Cc1ccsc1)C1CC1. The van der Waals surface area contributed by atoms with Gasteiger partial charge in [0.2, 0.25) is 0 Å². The maximum Gasteiger partial charge on any atom is 0.0248 e. The lowest BCUT2D eigenvalue weighted by Gasteiger charge is -2.31. The molecule has 1 aromatic heterocycles. The number of hydrogen-bond donors (Lipinski definition) is 1. The summed E-state index contributed by atoms with van der Waals surface area (Å²) in [4.78, 5) is 2.66. The van der Waals surface area contributed by atoms with Crippen LogP contribution < -0.4 is 5.73 Å². The first-order valence-corrected chi connectivity index (χ1v) is 8.26. The van der Waals surface area contributed by atoms with E-state index in [2.05, 4.69) is 28.7 Å². The molecular formula is C15H26N2S. The van der Waals surface area contributed by atoms with Crippen LogP contribution in [0.3, 0.4) is 0 Å². The van der Waals surface area contributed by atoms with Crippen LogP contribution >= 0.6 is 11.3 Å². The number of nitrogens with two attached hydrogens (primary N) is 1. The van der Waals surface area contributed by atoms with Gasteiger partial charge in [0.25, 0.3) is 0 Å². The Hall–Kier alpha value is -0.380. The number of hydrogen-bond acceptors (Lipinski definition) is 3. The van der Waals surface area contributed by atoms with E-state index in [9.17, 15) is 0 Å². The minimum absolute atomic E-state index is 0.587. The lowest BCUT2D eigenvalue weighted by atomic mass is 10.1. The quantitative estimate of drug-likeness (QED) is 0.692. The highest BCUT2D eigenvalue weighted by Crippen LogP contribution is 2.31. The molecule has 2 rings (SSSR count). The third-order valence-electron chi connectivity index (χ3n) is 3.84. The van der Waals surface area contributed by atoms with E-state index >= 15 is 0 Å². The van der Waals surface area contributed by atoms with Crippen LogP contribution in [0.15, 0.2) is 16.8 Å². The van der Waals surface area contributed by atoms with E-state index < -0.39 is 0 Å². The molecule has 102 valence electrons. The van der Waals surface area contributed by atoms with Crippen LogP contribution in [0.2, 0.25) is 0 Å². The van der Waals surface area contributed by atoms with Crippen molar-refractivity contribution in [3.05, 3.63) is 22.4 Å². The van der Waals surface area contributed by atoms with Crippen LogP contribution in [-0.2, 0) is 6.54 Å². The molecule has 0 radical (unpaired) electrons. The van der Waals surface area contributed by atoms with Crippen LogP contribution in [-0.4, -0.2) is 23.5 Å². The fraction of sp³-hybridized carbons (Fsp3) is 0.733. The van der Waals surface area contributed by atoms with Crippen molar-refractivity contribution in [3.8, 4) is 0 Å². The third-order valence-corrected chi connectivity index (χ3v) is 4.58. The summed E-state index contributed by atoms with van der Waals surface area (Å²) in [6, 6.07) is 3.64. The first-order chi connectivity index (χ1) is 8.85. The zero-order chi connectivity index (χ0) is 12.8. The number of unbranched alkanes of at least 4 members (excludes halogenated alkanes) is 2. The predicted molar refractivity (Wildman–Crippen MR) is 79.9 cm³/mol. The second-order valence-corrected chi connectivity index (χ2v) is 6.20. The maximum absolute atomic E-state index is 6.01. The van der Waals surface area contributed by atoms with Gasteiger partial charge in [-0.15, -0.1) is 0 Å². The molecule has 0 bridgehead atoms. The Labute approximate surface area is 115 Å². The van der Waals surface area contributed by atoms with Gasteiger partial charge in [-0.05, 0) is 41.7 Å². The standard InChI is InChI=1S/C15H26N2S/c1-2-3-4-5-15(10-16)17(14-6-7-14)11-13-8-9-18-12-13/h8-9,12,14-15H,2-7,10-11,16H2,1H3. The molecule has 1 fully saturated rings. The van der Waals surface area contributed by atoms with Gasteiger partial charge < -0.3 is 5.73 Å². The van der Waals surface area contributed by atoms with Gasteiger partial charge in [-0.3, -0.25) is 4.90 Å². The van der Waals surface area contributed by atoms with Crippen molar-refractivity contribution in [1.82, 2.24) is 4.90 Å². The summed E-state index contributed by atoms with van der Waals surface area (Å²) in [5.74, 6) is 0. The lowest BCUT2D eigenvalue weighted by molar-refractivity contribution is 0.169. The average molecular weight is 266 g/mol. The topological polar surface area (TPSA) is 29.3 Å². The summed E-state index contributed by atoms with van der Waals surface area (Å²) < 4.78 is 0.